The Hall–Kier alpha value is -4.86. The molecule has 2 atom stereocenters. The number of nitrogens with zero attached hydrogens (tertiary/aromatic N) is 3. The minimum Gasteiger partial charge on any atom is -0.382 e. The molecule has 86 heavy (non-hydrogen) atoms. The number of para-hydroxylation sites is 2. The summed E-state index contributed by atoms with van der Waals surface area (Å²) in [5.74, 6) is -1.07. The summed E-state index contributed by atoms with van der Waals surface area (Å²) < 4.78 is 87.4. The van der Waals surface area contributed by atoms with Gasteiger partial charge in [-0.05, 0) is 44.4 Å². The van der Waals surface area contributed by atoms with E-state index in [0.717, 1.165) is 40.7 Å². The number of amides is 1. The van der Waals surface area contributed by atoms with Crippen LogP contribution in [0, 0.1) is 0 Å². The van der Waals surface area contributed by atoms with Crippen LogP contribution in [-0.2, 0) is 101 Å². The van der Waals surface area contributed by atoms with E-state index in [1.807, 2.05) is 0 Å². The van der Waals surface area contributed by atoms with E-state index in [1.165, 1.54) is 18.2 Å². The highest BCUT2D eigenvalue weighted by atomic mass is 16.7. The molecule has 4 rings (SSSR count). The summed E-state index contributed by atoms with van der Waals surface area (Å²) in [7, 11) is 6.29. The number of allylic oxidation sites excluding steroid dienone is 6. The number of carbonyl (C=O) groups is 3. The van der Waals surface area contributed by atoms with Gasteiger partial charge in [-0.3, -0.25) is 4.79 Å². The Labute approximate surface area is 510 Å². The second-order valence-electron chi connectivity index (χ2n) is 20.3. The monoisotopic (exact) mass is 1210 g/mol. The van der Waals surface area contributed by atoms with Crippen molar-refractivity contribution in [1.29, 1.82) is 0 Å². The van der Waals surface area contributed by atoms with E-state index in [-0.39, 0.29) is 37.9 Å². The van der Waals surface area contributed by atoms with Crippen LogP contribution in [0.25, 0.3) is 0 Å². The molecule has 0 aliphatic carbocycles. The highest BCUT2D eigenvalue weighted by Gasteiger charge is 2.47. The number of hydroxylamine groups is 2. The molecule has 0 aromatic heterocycles. The zero-order valence-corrected chi connectivity index (χ0v) is 52.2. The normalized spacial score (nSPS) is 17.0. The molecule has 0 saturated carbocycles. The summed E-state index contributed by atoms with van der Waals surface area (Å²) in [4.78, 5) is 41.9. The zero-order valence-electron chi connectivity index (χ0n) is 52.2. The molecule has 0 spiro atoms. The van der Waals surface area contributed by atoms with Gasteiger partial charge in [0.2, 0.25) is 5.69 Å². The topological polar surface area (TPSA) is 208 Å². The lowest BCUT2D eigenvalue weighted by atomic mass is 9.76. The Bertz CT molecular complexity index is 2280. The van der Waals surface area contributed by atoms with Gasteiger partial charge in [0.15, 0.2) is 12.3 Å². The summed E-state index contributed by atoms with van der Waals surface area (Å²) in [5, 5.41) is 0.842. The molecular formula is C64H100N3O19+. The molecule has 0 bridgehead atoms. The van der Waals surface area contributed by atoms with Gasteiger partial charge in [0.1, 0.15) is 12.9 Å². The second kappa shape index (κ2) is 46.3. The highest BCUT2D eigenvalue weighted by Crippen LogP contribution is 2.50. The molecule has 0 radical (unpaired) electrons. The highest BCUT2D eigenvalue weighted by molar-refractivity contribution is 6.03. The van der Waals surface area contributed by atoms with E-state index in [0.29, 0.717) is 185 Å². The second-order valence-corrected chi connectivity index (χ2v) is 20.3. The van der Waals surface area contributed by atoms with Crippen molar-refractivity contribution in [2.45, 2.75) is 56.8 Å². The number of rotatable bonds is 54. The molecule has 0 saturated heterocycles. The first-order valence-electron chi connectivity index (χ1n) is 30.1. The molecule has 1 amide bonds. The molecule has 2 aliphatic rings. The molecule has 2 aromatic rings. The van der Waals surface area contributed by atoms with E-state index in [4.69, 9.17) is 75.9 Å². The van der Waals surface area contributed by atoms with Crippen molar-refractivity contribution >= 4 is 35.2 Å². The van der Waals surface area contributed by atoms with Crippen LogP contribution in [0.2, 0.25) is 0 Å². The van der Waals surface area contributed by atoms with Crippen molar-refractivity contribution in [1.82, 2.24) is 5.06 Å². The lowest BCUT2D eigenvalue weighted by Crippen LogP contribution is -2.33. The van der Waals surface area contributed by atoms with E-state index in [2.05, 4.69) is 102 Å². The molecule has 22 nitrogen and oxygen atoms in total. The van der Waals surface area contributed by atoms with Gasteiger partial charge in [0.25, 0.3) is 5.91 Å². The van der Waals surface area contributed by atoms with Crippen molar-refractivity contribution < 1.29 is 94.8 Å². The number of anilines is 1. The third-order valence-corrected chi connectivity index (χ3v) is 14.2. The molecule has 0 N–H and O–H groups in total. The van der Waals surface area contributed by atoms with Crippen LogP contribution < -0.4 is 4.90 Å². The Morgan fingerprint density at radius 1 is 0.500 bits per heavy atom. The minimum absolute atomic E-state index is 0.0292. The number of benzene rings is 2. The third-order valence-electron chi connectivity index (χ3n) is 14.2. The quantitative estimate of drug-likeness (QED) is 0.0244. The smallest absolute Gasteiger partial charge is 0.334 e. The fourth-order valence-corrected chi connectivity index (χ4v) is 9.60. The molecule has 22 heteroatoms. The van der Waals surface area contributed by atoms with Crippen LogP contribution in [0.4, 0.5) is 11.4 Å². The zero-order chi connectivity index (χ0) is 61.6. The summed E-state index contributed by atoms with van der Waals surface area (Å²) in [6.45, 7) is 18.3. The van der Waals surface area contributed by atoms with Crippen molar-refractivity contribution in [2.75, 3.05) is 225 Å². The fraction of sp³-hybridized carbons (Fsp3) is 0.656. The van der Waals surface area contributed by atoms with E-state index in [9.17, 15) is 14.4 Å². The number of ether oxygens (including phenoxy) is 15. The molecule has 2 aliphatic heterocycles. The maximum atomic E-state index is 12.1. The van der Waals surface area contributed by atoms with Gasteiger partial charge >= 0.3 is 5.97 Å². The lowest BCUT2D eigenvalue weighted by Gasteiger charge is -2.30. The Kier molecular flexibility index (Phi) is 39.6. The molecule has 2 heterocycles. The van der Waals surface area contributed by atoms with Crippen LogP contribution >= 0.6 is 0 Å². The Morgan fingerprint density at radius 3 is 1.47 bits per heavy atom. The van der Waals surface area contributed by atoms with E-state index >= 15 is 0 Å². The van der Waals surface area contributed by atoms with Crippen molar-refractivity contribution in [2.24, 2.45) is 0 Å². The van der Waals surface area contributed by atoms with Crippen molar-refractivity contribution in [3.8, 4) is 0 Å². The summed E-state index contributed by atoms with van der Waals surface area (Å²) in [6.07, 6.45) is 12.9. The van der Waals surface area contributed by atoms with Crippen LogP contribution in [0.3, 0.4) is 0 Å². The fourth-order valence-electron chi connectivity index (χ4n) is 9.60. The van der Waals surface area contributed by atoms with Crippen LogP contribution in [-0.4, -0.2) is 253 Å². The molecule has 484 valence electrons. The van der Waals surface area contributed by atoms with Gasteiger partial charge in [-0.2, -0.15) is 9.64 Å². The molecular weight excluding hydrogens is 1110 g/mol. The van der Waals surface area contributed by atoms with E-state index in [1.54, 1.807) is 21.3 Å². The number of aldehydes is 1. The number of hydrogen-bond acceptors (Lipinski definition) is 20. The number of hydrogen-bond donors (Lipinski definition) is 0. The lowest BCUT2D eigenvalue weighted by molar-refractivity contribution is -0.442. The van der Waals surface area contributed by atoms with Crippen molar-refractivity contribution in [3.63, 3.8) is 0 Å². The summed E-state index contributed by atoms with van der Waals surface area (Å²) in [6, 6.07) is 17.1. The average Bonchev–Trinajstić information content (AvgIpc) is 3.39. The maximum Gasteiger partial charge on any atom is 0.334 e. The van der Waals surface area contributed by atoms with Gasteiger partial charge in [0.05, 0.1) is 170 Å². The number of methoxy groups -OCH3 is 3. The van der Waals surface area contributed by atoms with Crippen LogP contribution in [0.5, 0.6) is 0 Å². The largest absolute Gasteiger partial charge is 0.382 e. The van der Waals surface area contributed by atoms with Gasteiger partial charge < -0.3 is 85.6 Å². The van der Waals surface area contributed by atoms with E-state index < -0.39 is 17.3 Å². The standard InChI is InChI=1S/C64H100N3O19/c1-63(23-29-75-40-45-83-52-49-79-36-33-71-4)55-15-10-12-17-57(55)66(25-31-77-42-47-82-44-39-74-28-22-62(70)86-65(3)61(69)21-14-27-68)59(63)19-8-7-9-20-60-64(2,24-30-76-41-46-84-53-50-80-37-34-72-5)56-16-11-13-18-58(56)67(60)26-32-78-43-48-85-54-51-81-38-35-73-6/h7-13,15-20,27H,14,21-26,28-54H2,1-6H3/q+1. The Balaban J connectivity index is 1.45. The molecule has 2 unspecified atom stereocenters. The first-order valence-corrected chi connectivity index (χ1v) is 30.1. The van der Waals surface area contributed by atoms with Crippen LogP contribution in [0.1, 0.15) is 57.1 Å². The molecule has 0 fully saturated rings. The van der Waals surface area contributed by atoms with Crippen LogP contribution in [0.15, 0.2) is 84.6 Å². The predicted octanol–water partition coefficient (Wildman–Crippen LogP) is 6.02. The minimum atomic E-state index is -0.610. The summed E-state index contributed by atoms with van der Waals surface area (Å²) in [5.41, 5.74) is 6.21. The predicted molar refractivity (Wildman–Crippen MR) is 325 cm³/mol. The Morgan fingerprint density at radius 2 is 0.942 bits per heavy atom. The molecule has 2 aromatic carbocycles. The van der Waals surface area contributed by atoms with Crippen molar-refractivity contribution in [3.05, 3.63) is 95.7 Å². The number of fused-ring (bicyclic) bond motifs is 2. The number of carbonyl (C=O) groups excluding carboxylic acids is 3. The maximum absolute atomic E-state index is 12.1. The first kappa shape index (κ1) is 73.6. The van der Waals surface area contributed by atoms with Gasteiger partial charge in [-0.15, -0.1) is 0 Å². The average molecular weight is 1220 g/mol. The summed E-state index contributed by atoms with van der Waals surface area (Å²) >= 11 is 0. The van der Waals surface area contributed by atoms with Gasteiger partial charge in [0, 0.05) is 95.5 Å². The first-order chi connectivity index (χ1) is 42.2. The SMILES string of the molecule is COCCOCCOCCOCC[N+]1=C(/C=C/C=C/C=C2/N(CCOCCOCCOCCC(=O)ON(C)C(=O)CCC=O)c3ccccc3C2(C)CCOCCOCCOCCOC)C(C)(CCOCCOCCOCCOC)c2ccccc21. The van der Waals surface area contributed by atoms with Gasteiger partial charge in [-0.1, -0.05) is 54.6 Å². The van der Waals surface area contributed by atoms with Gasteiger partial charge in [-0.25, -0.2) is 4.79 Å². The third kappa shape index (κ3) is 27.7.